The van der Waals surface area contributed by atoms with E-state index in [0.717, 1.165) is 0 Å². The molecule has 3 rings (SSSR count). The van der Waals surface area contributed by atoms with Crippen molar-refractivity contribution in [2.45, 2.75) is 38.8 Å². The maximum absolute atomic E-state index is 12.8. The molecule has 0 saturated heterocycles. The number of benzene rings is 1. The van der Waals surface area contributed by atoms with Gasteiger partial charge < -0.3 is 15.2 Å². The summed E-state index contributed by atoms with van der Waals surface area (Å²) in [4.78, 5) is 35.2. The number of carboxylic acids is 1. The van der Waals surface area contributed by atoms with Crippen LogP contribution in [0.15, 0.2) is 18.2 Å². The normalized spacial score (nSPS) is 23.6. The number of non-ortho nitro benzene ring substituents is 1. The molecule has 10 nitrogen and oxygen atoms in total. The van der Waals surface area contributed by atoms with Crippen molar-refractivity contribution < 1.29 is 24.4 Å². The van der Waals surface area contributed by atoms with E-state index in [4.69, 9.17) is 4.74 Å². The second-order valence-electron chi connectivity index (χ2n) is 7.09. The summed E-state index contributed by atoms with van der Waals surface area (Å²) in [5.74, 6) is -1.88. The highest BCUT2D eigenvalue weighted by atomic mass is 16.6. The first-order valence-electron chi connectivity index (χ1n) is 8.44. The van der Waals surface area contributed by atoms with Crippen LogP contribution in [0.1, 0.15) is 37.7 Å². The summed E-state index contributed by atoms with van der Waals surface area (Å²) in [7, 11) is 0. The molecule has 144 valence electrons. The van der Waals surface area contributed by atoms with Crippen LogP contribution in [0.2, 0.25) is 0 Å². The zero-order valence-corrected chi connectivity index (χ0v) is 15.1. The fraction of sp³-hybridized carbons (Fsp3) is 0.471. The molecule has 1 aliphatic rings. The first-order valence-corrected chi connectivity index (χ1v) is 8.44. The van der Waals surface area contributed by atoms with Gasteiger partial charge in [0, 0.05) is 36.0 Å². The number of aromatic nitrogens is 2. The molecule has 1 amide bonds. The van der Waals surface area contributed by atoms with Crippen molar-refractivity contribution >= 4 is 28.5 Å². The molecule has 1 saturated carbocycles. The van der Waals surface area contributed by atoms with Gasteiger partial charge in [-0.1, -0.05) is 13.8 Å². The van der Waals surface area contributed by atoms with Gasteiger partial charge >= 0.3 is 5.97 Å². The van der Waals surface area contributed by atoms with Crippen LogP contribution in [0.25, 0.3) is 10.9 Å². The minimum Gasteiger partial charge on any atom is -0.479 e. The van der Waals surface area contributed by atoms with E-state index in [9.17, 15) is 24.8 Å². The molecule has 0 radical (unpaired) electrons. The van der Waals surface area contributed by atoms with Crippen LogP contribution in [-0.2, 0) is 9.53 Å². The Balaban J connectivity index is 1.94. The second-order valence-corrected chi connectivity index (χ2v) is 7.09. The molecule has 1 aliphatic carbocycles. The van der Waals surface area contributed by atoms with Gasteiger partial charge in [-0.3, -0.25) is 20.0 Å². The number of fused-ring (bicyclic) bond motifs is 1. The van der Waals surface area contributed by atoms with Gasteiger partial charge in [0.05, 0.1) is 16.5 Å². The molecule has 2 unspecified atom stereocenters. The van der Waals surface area contributed by atoms with Gasteiger partial charge in [0.25, 0.3) is 11.6 Å². The van der Waals surface area contributed by atoms with E-state index in [-0.39, 0.29) is 29.3 Å². The first-order chi connectivity index (χ1) is 12.6. The third-order valence-electron chi connectivity index (χ3n) is 5.43. The fourth-order valence-electron chi connectivity index (χ4n) is 3.58. The summed E-state index contributed by atoms with van der Waals surface area (Å²) < 4.78 is 5.57. The molecule has 1 heterocycles. The summed E-state index contributed by atoms with van der Waals surface area (Å²) in [6.45, 7) is 5.70. The molecule has 2 aromatic rings. The number of amides is 1. The van der Waals surface area contributed by atoms with Gasteiger partial charge in [-0.2, -0.15) is 5.10 Å². The Morgan fingerprint density at radius 2 is 2.19 bits per heavy atom. The standard InChI is InChI=1S/C17H20N4O6/c1-4-27-12-8-17(15(23)24,16(12,2)3)18-14(22)13-10-7-9(21(25)26)5-6-11(10)19-20-13/h5-7,12H,4,8H2,1-3H3,(H,18,22)(H,19,20)(H,23,24). The van der Waals surface area contributed by atoms with E-state index in [1.165, 1.54) is 18.2 Å². The molecule has 1 aromatic heterocycles. The lowest BCUT2D eigenvalue weighted by Crippen LogP contribution is -2.76. The average molecular weight is 376 g/mol. The van der Waals surface area contributed by atoms with E-state index >= 15 is 0 Å². The molecule has 0 bridgehead atoms. The number of nitro groups is 1. The lowest BCUT2D eigenvalue weighted by Gasteiger charge is -2.58. The van der Waals surface area contributed by atoms with E-state index in [2.05, 4.69) is 15.5 Å². The van der Waals surface area contributed by atoms with Crippen molar-refractivity contribution in [2.75, 3.05) is 6.61 Å². The predicted octanol–water partition coefficient (Wildman–Crippen LogP) is 1.86. The van der Waals surface area contributed by atoms with Crippen LogP contribution in [0.3, 0.4) is 0 Å². The topological polar surface area (TPSA) is 147 Å². The van der Waals surface area contributed by atoms with Gasteiger partial charge in [-0.05, 0) is 13.0 Å². The van der Waals surface area contributed by atoms with Crippen molar-refractivity contribution in [1.29, 1.82) is 0 Å². The maximum Gasteiger partial charge on any atom is 0.330 e. The number of aromatic amines is 1. The fourth-order valence-corrected chi connectivity index (χ4v) is 3.58. The Bertz CT molecular complexity index is 937. The summed E-state index contributed by atoms with van der Waals surface area (Å²) in [5, 5.41) is 30.2. The third-order valence-corrected chi connectivity index (χ3v) is 5.43. The first kappa shape index (κ1) is 18.8. The third kappa shape index (κ3) is 2.72. The lowest BCUT2D eigenvalue weighted by atomic mass is 9.54. The Kier molecular flexibility index (Phi) is 4.38. The van der Waals surface area contributed by atoms with Crippen LogP contribution in [0, 0.1) is 15.5 Å². The number of hydrogen-bond donors (Lipinski definition) is 3. The summed E-state index contributed by atoms with van der Waals surface area (Å²) in [6.07, 6.45) is -0.187. The number of aliphatic carboxylic acids is 1. The Hall–Kier alpha value is -3.01. The zero-order chi connectivity index (χ0) is 20.0. The largest absolute Gasteiger partial charge is 0.479 e. The van der Waals surface area contributed by atoms with Crippen LogP contribution in [0.4, 0.5) is 5.69 Å². The number of hydrogen-bond acceptors (Lipinski definition) is 6. The monoisotopic (exact) mass is 376 g/mol. The van der Waals surface area contributed by atoms with Crippen LogP contribution >= 0.6 is 0 Å². The lowest BCUT2D eigenvalue weighted by molar-refractivity contribution is -0.384. The number of nitrogens with one attached hydrogen (secondary N) is 2. The molecule has 0 aliphatic heterocycles. The Labute approximate surface area is 154 Å². The molecule has 0 spiro atoms. The molecular weight excluding hydrogens is 356 g/mol. The quantitative estimate of drug-likeness (QED) is 0.515. The number of rotatable bonds is 6. The Morgan fingerprint density at radius 1 is 1.48 bits per heavy atom. The van der Waals surface area contributed by atoms with Crippen molar-refractivity contribution in [1.82, 2.24) is 15.5 Å². The molecule has 3 N–H and O–H groups in total. The minimum atomic E-state index is -1.52. The molecule has 10 heteroatoms. The van der Waals surface area contributed by atoms with E-state index in [1.807, 2.05) is 6.92 Å². The summed E-state index contributed by atoms with van der Waals surface area (Å²) >= 11 is 0. The Morgan fingerprint density at radius 3 is 2.74 bits per heavy atom. The van der Waals surface area contributed by atoms with Gasteiger partial charge in [-0.25, -0.2) is 4.79 Å². The zero-order valence-electron chi connectivity index (χ0n) is 15.1. The minimum absolute atomic E-state index is 0.0926. The van der Waals surface area contributed by atoms with Crippen molar-refractivity contribution in [3.63, 3.8) is 0 Å². The number of carbonyl (C=O) groups excluding carboxylic acids is 1. The highest BCUT2D eigenvalue weighted by Crippen LogP contribution is 2.51. The summed E-state index contributed by atoms with van der Waals surface area (Å²) in [5.41, 5.74) is -2.20. The highest BCUT2D eigenvalue weighted by molar-refractivity contribution is 6.07. The predicted molar refractivity (Wildman–Crippen MR) is 94.4 cm³/mol. The number of H-pyrrole nitrogens is 1. The molecule has 1 fully saturated rings. The van der Waals surface area contributed by atoms with Crippen LogP contribution in [0.5, 0.6) is 0 Å². The summed E-state index contributed by atoms with van der Waals surface area (Å²) in [6, 6.07) is 3.97. The van der Waals surface area contributed by atoms with E-state index < -0.39 is 27.8 Å². The van der Waals surface area contributed by atoms with Crippen LogP contribution in [-0.4, -0.2) is 50.4 Å². The number of ether oxygens (including phenoxy) is 1. The molecular formula is C17H20N4O6. The van der Waals surface area contributed by atoms with Gasteiger partial charge in [0.2, 0.25) is 0 Å². The van der Waals surface area contributed by atoms with Gasteiger partial charge in [-0.15, -0.1) is 0 Å². The second kappa shape index (κ2) is 6.31. The SMILES string of the molecule is CCOC1CC(NC(=O)c2n[nH]c3ccc([N+](=O)[O-])cc23)(C(=O)O)C1(C)C. The van der Waals surface area contributed by atoms with Crippen molar-refractivity contribution in [2.24, 2.45) is 5.41 Å². The van der Waals surface area contributed by atoms with E-state index in [0.29, 0.717) is 12.1 Å². The molecule has 27 heavy (non-hydrogen) atoms. The van der Waals surface area contributed by atoms with Crippen LogP contribution < -0.4 is 5.32 Å². The smallest absolute Gasteiger partial charge is 0.330 e. The number of nitrogens with zero attached hydrogens (tertiary/aromatic N) is 2. The average Bonchev–Trinajstić information content (AvgIpc) is 3.03. The number of carbonyl (C=O) groups is 2. The van der Waals surface area contributed by atoms with Gasteiger partial charge in [0.15, 0.2) is 5.69 Å². The number of carboxylic acid groups (broad SMARTS) is 1. The van der Waals surface area contributed by atoms with Crippen molar-refractivity contribution in [3.8, 4) is 0 Å². The van der Waals surface area contributed by atoms with Crippen molar-refractivity contribution in [3.05, 3.63) is 34.0 Å². The maximum atomic E-state index is 12.8. The molecule has 1 aromatic carbocycles. The van der Waals surface area contributed by atoms with E-state index in [1.54, 1.807) is 13.8 Å². The van der Waals surface area contributed by atoms with Gasteiger partial charge in [0.1, 0.15) is 5.54 Å². The highest BCUT2D eigenvalue weighted by Gasteiger charge is 2.66. The number of nitro benzene ring substituents is 1. The molecule has 2 atom stereocenters.